The quantitative estimate of drug-likeness (QED) is 0.419. The van der Waals surface area contributed by atoms with Crippen molar-refractivity contribution in [2.24, 2.45) is 4.99 Å². The Morgan fingerprint density at radius 1 is 1.30 bits per heavy atom. The van der Waals surface area contributed by atoms with Crippen LogP contribution in [0.1, 0.15) is 50.1 Å². The molecule has 0 saturated heterocycles. The largest absolute Gasteiger partial charge is 0.443 e. The molecule has 1 aromatic carbocycles. The lowest BCUT2D eigenvalue weighted by molar-refractivity contribution is 0.487. The van der Waals surface area contributed by atoms with Crippen LogP contribution in [0, 0.1) is 25.2 Å². The summed E-state index contributed by atoms with van der Waals surface area (Å²) in [7, 11) is 1.99. The number of benzene rings is 1. The minimum atomic E-state index is -0.196. The molecule has 0 aliphatic carbocycles. The van der Waals surface area contributed by atoms with E-state index < -0.39 is 0 Å². The monoisotopic (exact) mass is 450 g/mol. The molecule has 2 aromatic rings. The highest BCUT2D eigenvalue weighted by Gasteiger charge is 2.26. The Morgan fingerprint density at radius 3 is 2.52 bits per heavy atom. The predicted octanol–water partition coefficient (Wildman–Crippen LogP) is 5.91. The van der Waals surface area contributed by atoms with Gasteiger partial charge in [-0.3, -0.25) is 0 Å². The van der Waals surface area contributed by atoms with Crippen LogP contribution < -0.4 is 4.74 Å². The van der Waals surface area contributed by atoms with Crippen molar-refractivity contribution >= 4 is 40.5 Å². The summed E-state index contributed by atoms with van der Waals surface area (Å²) >= 11 is 1.23. The average Bonchev–Trinajstić information content (AvgIpc) is 2.99. The van der Waals surface area contributed by atoms with Crippen molar-refractivity contribution in [2.75, 3.05) is 13.6 Å². The van der Waals surface area contributed by atoms with Crippen molar-refractivity contribution in [3.8, 4) is 16.9 Å². The Bertz CT molecular complexity index is 862. The number of nitrogens with zero attached hydrogens (tertiary/aromatic N) is 4. The van der Waals surface area contributed by atoms with Crippen molar-refractivity contribution < 1.29 is 4.74 Å². The summed E-state index contributed by atoms with van der Waals surface area (Å²) in [5.74, 6) is 0.728. The zero-order valence-corrected chi connectivity index (χ0v) is 19.5. The highest BCUT2D eigenvalue weighted by molar-refractivity contribution is 8.93. The minimum absolute atomic E-state index is 0. The number of aryl methyl sites for hydroxylation is 2. The second kappa shape index (κ2) is 9.34. The molecule has 5 nitrogen and oxygen atoms in total. The third-order valence-electron chi connectivity index (χ3n) is 4.07. The zero-order chi connectivity index (χ0) is 19.5. The second-order valence-corrected chi connectivity index (χ2v) is 8.12. The standard InChI is InChI=1S/C20H26N4OS.BrH/c1-8-24(7)12-22-16-9-14(3)17(10-13(16)2)25-19-15(11-21)18(23-26-19)20(4,5)6;/h9-10,12H,8H2,1-7H3;1H/b22-12+;. The van der Waals surface area contributed by atoms with Crippen molar-refractivity contribution in [3.63, 3.8) is 0 Å². The molecule has 0 bridgehead atoms. The van der Waals surface area contributed by atoms with Gasteiger partial charge < -0.3 is 9.64 Å². The molecule has 1 aromatic heterocycles. The first-order valence-electron chi connectivity index (χ1n) is 8.61. The molecule has 0 saturated carbocycles. The van der Waals surface area contributed by atoms with Crippen LogP contribution in [0.5, 0.6) is 10.8 Å². The fraction of sp³-hybridized carbons (Fsp3) is 0.450. The summed E-state index contributed by atoms with van der Waals surface area (Å²) in [5.41, 5.74) is 4.00. The number of aliphatic imine (C=N–C) groups is 1. The molecule has 0 aliphatic rings. The lowest BCUT2D eigenvalue weighted by atomic mass is 9.90. The highest BCUT2D eigenvalue weighted by atomic mass is 79.9. The van der Waals surface area contributed by atoms with E-state index in [0.29, 0.717) is 10.6 Å². The third kappa shape index (κ3) is 5.53. The van der Waals surface area contributed by atoms with Gasteiger partial charge in [-0.2, -0.15) is 9.64 Å². The van der Waals surface area contributed by atoms with Gasteiger partial charge in [-0.1, -0.05) is 20.8 Å². The van der Waals surface area contributed by atoms with Gasteiger partial charge in [-0.05, 0) is 44.0 Å². The minimum Gasteiger partial charge on any atom is -0.443 e. The van der Waals surface area contributed by atoms with E-state index >= 15 is 0 Å². The van der Waals surface area contributed by atoms with Gasteiger partial charge in [0.2, 0.25) is 5.06 Å². The third-order valence-corrected chi connectivity index (χ3v) is 4.80. The number of aromatic nitrogens is 1. The van der Waals surface area contributed by atoms with E-state index in [1.54, 1.807) is 0 Å². The van der Waals surface area contributed by atoms with Gasteiger partial charge in [-0.25, -0.2) is 4.99 Å². The summed E-state index contributed by atoms with van der Waals surface area (Å²) in [4.78, 5) is 6.56. The van der Waals surface area contributed by atoms with Crippen LogP contribution >= 0.6 is 28.5 Å². The molecular weight excluding hydrogens is 424 g/mol. The van der Waals surface area contributed by atoms with E-state index in [1.807, 2.05) is 65.0 Å². The van der Waals surface area contributed by atoms with Crippen LogP contribution in [0.2, 0.25) is 0 Å². The summed E-state index contributed by atoms with van der Waals surface area (Å²) < 4.78 is 10.5. The van der Waals surface area contributed by atoms with Crippen LogP contribution in [0.15, 0.2) is 17.1 Å². The first kappa shape index (κ1) is 23.1. The normalized spacial score (nSPS) is 11.2. The van der Waals surface area contributed by atoms with Gasteiger partial charge in [0, 0.05) is 30.5 Å². The second-order valence-electron chi connectivity index (χ2n) is 7.38. The number of ether oxygens (including phenoxy) is 1. The zero-order valence-electron chi connectivity index (χ0n) is 17.0. The molecule has 0 radical (unpaired) electrons. The highest BCUT2D eigenvalue weighted by Crippen LogP contribution is 2.38. The molecule has 0 aliphatic heterocycles. The number of hydrogen-bond donors (Lipinski definition) is 0. The Hall–Kier alpha value is -1.91. The SMILES string of the molecule is Br.CCN(C)/C=N/c1cc(C)c(Oc2snc(C(C)(C)C)c2C#N)cc1C. The van der Waals surface area contributed by atoms with Crippen LogP contribution in [-0.2, 0) is 5.41 Å². The lowest BCUT2D eigenvalue weighted by Gasteiger charge is -2.15. The number of halogens is 1. The Labute approximate surface area is 176 Å². The van der Waals surface area contributed by atoms with Crippen molar-refractivity contribution in [2.45, 2.75) is 47.0 Å². The summed E-state index contributed by atoms with van der Waals surface area (Å²) in [5, 5.41) is 10.1. The Morgan fingerprint density at radius 2 is 1.96 bits per heavy atom. The molecule has 1 heterocycles. The van der Waals surface area contributed by atoms with Crippen molar-refractivity contribution in [3.05, 3.63) is 34.5 Å². The van der Waals surface area contributed by atoms with Crippen LogP contribution in [-0.4, -0.2) is 29.2 Å². The molecule has 0 spiro atoms. The van der Waals surface area contributed by atoms with Gasteiger partial charge in [0.1, 0.15) is 17.4 Å². The molecule has 0 amide bonds. The topological polar surface area (TPSA) is 61.5 Å². The van der Waals surface area contributed by atoms with E-state index in [0.717, 1.165) is 34.8 Å². The Balaban J connectivity index is 0.00000364. The maximum Gasteiger partial charge on any atom is 0.218 e. The molecule has 27 heavy (non-hydrogen) atoms. The first-order chi connectivity index (χ1) is 12.2. The smallest absolute Gasteiger partial charge is 0.218 e. The number of nitriles is 1. The number of rotatable bonds is 5. The number of hydrogen-bond acceptors (Lipinski definition) is 5. The molecule has 0 atom stereocenters. The van der Waals surface area contributed by atoms with E-state index in [-0.39, 0.29) is 22.4 Å². The molecule has 146 valence electrons. The summed E-state index contributed by atoms with van der Waals surface area (Å²) in [6, 6.07) is 6.22. The van der Waals surface area contributed by atoms with E-state index in [1.165, 1.54) is 11.5 Å². The molecule has 7 heteroatoms. The van der Waals surface area contributed by atoms with Crippen LogP contribution in [0.25, 0.3) is 0 Å². The van der Waals surface area contributed by atoms with E-state index in [9.17, 15) is 5.26 Å². The first-order valence-corrected chi connectivity index (χ1v) is 9.38. The molecular formula is C20H27BrN4OS. The maximum absolute atomic E-state index is 9.56. The van der Waals surface area contributed by atoms with E-state index in [4.69, 9.17) is 4.74 Å². The average molecular weight is 451 g/mol. The van der Waals surface area contributed by atoms with Gasteiger partial charge in [0.05, 0.1) is 17.7 Å². The fourth-order valence-corrected chi connectivity index (χ4v) is 3.22. The van der Waals surface area contributed by atoms with E-state index in [2.05, 4.69) is 22.4 Å². The van der Waals surface area contributed by atoms with Gasteiger partial charge in [0.25, 0.3) is 0 Å². The fourth-order valence-electron chi connectivity index (χ4n) is 2.32. The van der Waals surface area contributed by atoms with Crippen LogP contribution in [0.4, 0.5) is 5.69 Å². The van der Waals surface area contributed by atoms with Gasteiger partial charge >= 0.3 is 0 Å². The van der Waals surface area contributed by atoms with Crippen molar-refractivity contribution in [1.29, 1.82) is 5.26 Å². The summed E-state index contributed by atoms with van der Waals surface area (Å²) in [6.07, 6.45) is 1.83. The predicted molar refractivity (Wildman–Crippen MR) is 118 cm³/mol. The molecule has 0 unspecified atom stereocenters. The van der Waals surface area contributed by atoms with Gasteiger partial charge in [-0.15, -0.1) is 17.0 Å². The lowest BCUT2D eigenvalue weighted by Crippen LogP contribution is -2.14. The molecule has 2 rings (SSSR count). The van der Waals surface area contributed by atoms with Crippen LogP contribution in [0.3, 0.4) is 0 Å². The Kier molecular flexibility index (Phi) is 8.00. The molecule has 0 fully saturated rings. The summed E-state index contributed by atoms with van der Waals surface area (Å²) in [6.45, 7) is 13.1. The maximum atomic E-state index is 9.56. The van der Waals surface area contributed by atoms with Gasteiger partial charge in [0.15, 0.2) is 0 Å². The molecule has 0 N–H and O–H groups in total. The van der Waals surface area contributed by atoms with Crippen molar-refractivity contribution in [1.82, 2.24) is 9.27 Å².